The highest BCUT2D eigenvalue weighted by Gasteiger charge is 2.32. The molecule has 0 atom stereocenters. The number of rotatable bonds is 1. The smallest absolute Gasteiger partial charge is 0.393 e. The Balaban J connectivity index is 2.11. The summed E-state index contributed by atoms with van der Waals surface area (Å²) in [5.41, 5.74) is 0.263. The zero-order chi connectivity index (χ0) is 11.1. The van der Waals surface area contributed by atoms with Gasteiger partial charge in [-0.25, -0.2) is 0 Å². The van der Waals surface area contributed by atoms with Crippen molar-refractivity contribution in [1.82, 2.24) is 0 Å². The molecule has 1 aromatic carbocycles. The average Bonchev–Trinajstić information content (AvgIpc) is 2.12. The maximum atomic E-state index is 12.2. The number of hydrogen-bond donors (Lipinski definition) is 1. The van der Waals surface area contributed by atoms with Crippen LogP contribution in [-0.2, 0) is 6.18 Å². The number of halogens is 3. The summed E-state index contributed by atoms with van der Waals surface area (Å²) < 4.78 is 36.7. The molecule has 15 heavy (non-hydrogen) atoms. The van der Waals surface area contributed by atoms with E-state index in [1.807, 2.05) is 0 Å². The number of hydrogen-bond acceptors (Lipinski definition) is 1. The van der Waals surface area contributed by atoms with E-state index < -0.39 is 11.7 Å². The normalized spacial score (nSPS) is 26.1. The van der Waals surface area contributed by atoms with Gasteiger partial charge in [-0.05, 0) is 36.5 Å². The molecule has 2 rings (SSSR count). The van der Waals surface area contributed by atoms with Crippen molar-refractivity contribution in [2.75, 3.05) is 0 Å². The Bertz CT molecular complexity index is 336. The van der Waals surface area contributed by atoms with E-state index in [1.54, 1.807) is 0 Å². The molecule has 1 nitrogen and oxygen atoms in total. The topological polar surface area (TPSA) is 20.2 Å². The molecule has 0 heterocycles. The minimum atomic E-state index is -4.27. The average molecular weight is 216 g/mol. The van der Waals surface area contributed by atoms with Crippen LogP contribution < -0.4 is 0 Å². The molecule has 4 heteroatoms. The second-order valence-corrected chi connectivity index (χ2v) is 3.94. The van der Waals surface area contributed by atoms with Gasteiger partial charge in [0.05, 0.1) is 11.7 Å². The maximum absolute atomic E-state index is 12.2. The highest BCUT2D eigenvalue weighted by molar-refractivity contribution is 5.28. The largest absolute Gasteiger partial charge is 0.416 e. The minimum absolute atomic E-state index is 0.224. The van der Waals surface area contributed by atoms with Crippen LogP contribution in [0, 0.1) is 0 Å². The third kappa shape index (κ3) is 2.15. The molecule has 1 aromatic rings. The first-order valence-electron chi connectivity index (χ1n) is 4.82. The molecule has 82 valence electrons. The maximum Gasteiger partial charge on any atom is 0.416 e. The lowest BCUT2D eigenvalue weighted by Gasteiger charge is -2.31. The number of aliphatic hydroxyl groups excluding tert-OH is 1. The summed E-state index contributed by atoms with van der Waals surface area (Å²) in [6, 6.07) is 5.19. The highest BCUT2D eigenvalue weighted by Crippen LogP contribution is 2.38. The van der Waals surface area contributed by atoms with Gasteiger partial charge >= 0.3 is 6.18 Å². The Kier molecular flexibility index (Phi) is 2.46. The van der Waals surface area contributed by atoms with E-state index in [0.29, 0.717) is 12.8 Å². The number of aliphatic hydroxyl groups is 1. The zero-order valence-corrected chi connectivity index (χ0v) is 7.96. The summed E-state index contributed by atoms with van der Waals surface area (Å²) in [4.78, 5) is 0. The fraction of sp³-hybridized carbons (Fsp3) is 0.455. The van der Waals surface area contributed by atoms with Crippen molar-refractivity contribution in [1.29, 1.82) is 0 Å². The lowest BCUT2D eigenvalue weighted by Crippen LogP contribution is -2.26. The van der Waals surface area contributed by atoms with Crippen LogP contribution >= 0.6 is 0 Å². The monoisotopic (exact) mass is 216 g/mol. The van der Waals surface area contributed by atoms with Gasteiger partial charge in [0.15, 0.2) is 0 Å². The van der Waals surface area contributed by atoms with Crippen molar-refractivity contribution in [2.24, 2.45) is 0 Å². The Morgan fingerprint density at radius 2 is 1.60 bits per heavy atom. The fourth-order valence-corrected chi connectivity index (χ4v) is 1.80. The Labute approximate surface area is 85.5 Å². The Hall–Kier alpha value is -1.03. The second kappa shape index (κ2) is 3.52. The Morgan fingerprint density at radius 1 is 1.07 bits per heavy atom. The van der Waals surface area contributed by atoms with Gasteiger partial charge in [-0.3, -0.25) is 0 Å². The standard InChI is InChI=1S/C11H11F3O/c12-11(13,14)9-3-1-7(2-4-9)8-5-10(15)6-8/h1-4,8,10,15H,5-6H2/t8-,10+. The van der Waals surface area contributed by atoms with Crippen LogP contribution in [0.25, 0.3) is 0 Å². The summed E-state index contributed by atoms with van der Waals surface area (Å²) in [5, 5.41) is 9.08. The molecule has 0 saturated heterocycles. The van der Waals surface area contributed by atoms with Crippen LogP contribution in [0.4, 0.5) is 13.2 Å². The van der Waals surface area contributed by atoms with Gasteiger partial charge in [-0.2, -0.15) is 13.2 Å². The lowest BCUT2D eigenvalue weighted by atomic mass is 9.77. The van der Waals surface area contributed by atoms with Gasteiger partial charge in [-0.1, -0.05) is 12.1 Å². The molecule has 1 aliphatic rings. The van der Waals surface area contributed by atoms with Crippen molar-refractivity contribution in [3.8, 4) is 0 Å². The summed E-state index contributed by atoms with van der Waals surface area (Å²) >= 11 is 0. The second-order valence-electron chi connectivity index (χ2n) is 3.94. The van der Waals surface area contributed by atoms with Crippen LogP contribution in [0.1, 0.15) is 29.9 Å². The molecular weight excluding hydrogens is 205 g/mol. The summed E-state index contributed by atoms with van der Waals surface area (Å²) in [6.07, 6.45) is -3.23. The van der Waals surface area contributed by atoms with E-state index in [0.717, 1.165) is 17.7 Å². The van der Waals surface area contributed by atoms with Crippen LogP contribution in [0.15, 0.2) is 24.3 Å². The molecular formula is C11H11F3O. The minimum Gasteiger partial charge on any atom is -0.393 e. The van der Waals surface area contributed by atoms with Gasteiger partial charge in [0.1, 0.15) is 0 Å². The van der Waals surface area contributed by atoms with E-state index >= 15 is 0 Å². The molecule has 0 radical (unpaired) electrons. The van der Waals surface area contributed by atoms with Crippen molar-refractivity contribution in [3.63, 3.8) is 0 Å². The van der Waals surface area contributed by atoms with E-state index in [2.05, 4.69) is 0 Å². The third-order valence-electron chi connectivity index (χ3n) is 2.82. The molecule has 0 aromatic heterocycles. The van der Waals surface area contributed by atoms with Crippen LogP contribution in [-0.4, -0.2) is 11.2 Å². The molecule has 0 bridgehead atoms. The molecule has 0 unspecified atom stereocenters. The van der Waals surface area contributed by atoms with Crippen molar-refractivity contribution in [2.45, 2.75) is 31.0 Å². The lowest BCUT2D eigenvalue weighted by molar-refractivity contribution is -0.137. The molecule has 1 N–H and O–H groups in total. The van der Waals surface area contributed by atoms with Gasteiger partial charge in [0.2, 0.25) is 0 Å². The van der Waals surface area contributed by atoms with E-state index in [4.69, 9.17) is 5.11 Å². The molecule has 1 aliphatic carbocycles. The van der Waals surface area contributed by atoms with Crippen molar-refractivity contribution in [3.05, 3.63) is 35.4 Å². The number of benzene rings is 1. The van der Waals surface area contributed by atoms with Crippen molar-refractivity contribution < 1.29 is 18.3 Å². The van der Waals surface area contributed by atoms with Crippen LogP contribution in [0.5, 0.6) is 0 Å². The molecule has 0 spiro atoms. The predicted octanol–water partition coefficient (Wildman–Crippen LogP) is 2.94. The molecule has 0 aliphatic heterocycles. The van der Waals surface area contributed by atoms with Gasteiger partial charge in [0, 0.05) is 0 Å². The quantitative estimate of drug-likeness (QED) is 0.765. The first kappa shape index (κ1) is 10.5. The molecule has 1 saturated carbocycles. The summed E-state index contributed by atoms with van der Waals surface area (Å²) in [7, 11) is 0. The van der Waals surface area contributed by atoms with E-state index in [9.17, 15) is 13.2 Å². The molecule has 1 fully saturated rings. The highest BCUT2D eigenvalue weighted by atomic mass is 19.4. The Morgan fingerprint density at radius 3 is 2.00 bits per heavy atom. The SMILES string of the molecule is O[C@H]1C[C@@H](c2ccc(C(F)(F)F)cc2)C1. The van der Waals surface area contributed by atoms with Crippen molar-refractivity contribution >= 4 is 0 Å². The van der Waals surface area contributed by atoms with Crippen LogP contribution in [0.3, 0.4) is 0 Å². The summed E-state index contributed by atoms with van der Waals surface area (Å²) in [5.74, 6) is 0.224. The van der Waals surface area contributed by atoms with Gasteiger partial charge < -0.3 is 5.11 Å². The molecule has 0 amide bonds. The summed E-state index contributed by atoms with van der Waals surface area (Å²) in [6.45, 7) is 0. The number of alkyl halides is 3. The van der Waals surface area contributed by atoms with Crippen LogP contribution in [0.2, 0.25) is 0 Å². The fourth-order valence-electron chi connectivity index (χ4n) is 1.80. The first-order valence-corrected chi connectivity index (χ1v) is 4.82. The third-order valence-corrected chi connectivity index (χ3v) is 2.82. The van der Waals surface area contributed by atoms with E-state index in [-0.39, 0.29) is 12.0 Å². The zero-order valence-electron chi connectivity index (χ0n) is 7.96. The predicted molar refractivity (Wildman–Crippen MR) is 49.4 cm³/mol. The van der Waals surface area contributed by atoms with Gasteiger partial charge in [0.25, 0.3) is 0 Å². The van der Waals surface area contributed by atoms with Gasteiger partial charge in [-0.15, -0.1) is 0 Å². The van der Waals surface area contributed by atoms with E-state index in [1.165, 1.54) is 12.1 Å². The first-order chi connectivity index (χ1) is 6.97.